The molecule has 0 saturated heterocycles. The number of carbonyl (C=O) groups is 2. The zero-order chi connectivity index (χ0) is 16.9. The van der Waals surface area contributed by atoms with E-state index >= 15 is 0 Å². The number of aromatic nitrogens is 1. The van der Waals surface area contributed by atoms with E-state index in [0.29, 0.717) is 10.0 Å². The lowest BCUT2D eigenvalue weighted by Gasteiger charge is -2.00. The summed E-state index contributed by atoms with van der Waals surface area (Å²) >= 11 is 2.85. The van der Waals surface area contributed by atoms with Crippen molar-refractivity contribution >= 4 is 39.5 Å². The van der Waals surface area contributed by atoms with E-state index in [0.717, 1.165) is 16.1 Å². The van der Waals surface area contributed by atoms with E-state index in [2.05, 4.69) is 10.3 Å². The molecule has 24 heavy (non-hydrogen) atoms. The van der Waals surface area contributed by atoms with Crippen molar-refractivity contribution in [2.24, 2.45) is 0 Å². The molecule has 1 N–H and O–H groups in total. The van der Waals surface area contributed by atoms with Crippen molar-refractivity contribution in [1.29, 1.82) is 0 Å². The minimum absolute atomic E-state index is 0.000411. The van der Waals surface area contributed by atoms with E-state index in [1.54, 1.807) is 6.07 Å². The monoisotopic (exact) mass is 356 g/mol. The zero-order valence-corrected chi connectivity index (χ0v) is 14.7. The molecule has 2 aromatic heterocycles. The van der Waals surface area contributed by atoms with Gasteiger partial charge in [-0.2, -0.15) is 0 Å². The summed E-state index contributed by atoms with van der Waals surface area (Å²) in [4.78, 5) is 30.1. The van der Waals surface area contributed by atoms with Crippen LogP contribution in [-0.2, 0) is 4.79 Å². The average Bonchev–Trinajstić information content (AvgIpc) is 3.23. The van der Waals surface area contributed by atoms with Crippen LogP contribution in [0.1, 0.15) is 28.2 Å². The fraction of sp³-hybridized carbons (Fsp3) is 0.167. The SMILES string of the molecule is Cc1nc(NC(=O)CCC(=O)c2cccs2)sc1-c1ccccc1. The predicted molar refractivity (Wildman–Crippen MR) is 98.8 cm³/mol. The number of thiazole rings is 1. The number of hydrogen-bond acceptors (Lipinski definition) is 5. The topological polar surface area (TPSA) is 59.1 Å². The smallest absolute Gasteiger partial charge is 0.226 e. The van der Waals surface area contributed by atoms with Crippen molar-refractivity contribution in [3.05, 3.63) is 58.4 Å². The minimum Gasteiger partial charge on any atom is -0.302 e. The van der Waals surface area contributed by atoms with Gasteiger partial charge in [-0.15, -0.1) is 11.3 Å². The fourth-order valence-corrected chi connectivity index (χ4v) is 3.96. The predicted octanol–water partition coefficient (Wildman–Crippen LogP) is 4.78. The van der Waals surface area contributed by atoms with Crippen LogP contribution in [0.4, 0.5) is 5.13 Å². The molecule has 2 heterocycles. The van der Waals surface area contributed by atoms with Crippen molar-refractivity contribution in [2.45, 2.75) is 19.8 Å². The second-order valence-electron chi connectivity index (χ2n) is 5.25. The molecule has 1 amide bonds. The standard InChI is InChI=1S/C18H16N2O2S2/c1-12-17(13-6-3-2-4-7-13)24-18(19-12)20-16(22)10-9-14(21)15-8-5-11-23-15/h2-8,11H,9-10H2,1H3,(H,19,20,22). The molecule has 0 aliphatic rings. The Hall–Kier alpha value is -2.31. The normalized spacial score (nSPS) is 10.5. The number of nitrogens with zero attached hydrogens (tertiary/aromatic N) is 1. The number of amides is 1. The largest absolute Gasteiger partial charge is 0.302 e. The Bertz CT molecular complexity index is 839. The lowest BCUT2D eigenvalue weighted by Crippen LogP contribution is -2.13. The van der Waals surface area contributed by atoms with E-state index in [1.807, 2.05) is 48.7 Å². The number of thiophene rings is 1. The molecule has 0 unspecified atom stereocenters. The van der Waals surface area contributed by atoms with E-state index < -0.39 is 0 Å². The van der Waals surface area contributed by atoms with Gasteiger partial charge in [0.2, 0.25) is 5.91 Å². The second-order valence-corrected chi connectivity index (χ2v) is 7.19. The molecule has 0 bridgehead atoms. The first-order chi connectivity index (χ1) is 11.6. The highest BCUT2D eigenvalue weighted by Gasteiger charge is 2.14. The van der Waals surface area contributed by atoms with Crippen molar-refractivity contribution in [1.82, 2.24) is 4.98 Å². The highest BCUT2D eigenvalue weighted by Crippen LogP contribution is 2.32. The van der Waals surface area contributed by atoms with Gasteiger partial charge in [0.25, 0.3) is 0 Å². The Balaban J connectivity index is 1.60. The third-order valence-corrected chi connectivity index (χ3v) is 5.49. The molecule has 0 saturated carbocycles. The summed E-state index contributed by atoms with van der Waals surface area (Å²) in [5.74, 6) is -0.186. The summed E-state index contributed by atoms with van der Waals surface area (Å²) in [6, 6.07) is 13.6. The summed E-state index contributed by atoms with van der Waals surface area (Å²) in [7, 11) is 0. The first kappa shape index (κ1) is 16.5. The number of nitrogens with one attached hydrogen (secondary N) is 1. The van der Waals surface area contributed by atoms with Crippen molar-refractivity contribution < 1.29 is 9.59 Å². The van der Waals surface area contributed by atoms with Crippen LogP contribution in [0.15, 0.2) is 47.8 Å². The fourth-order valence-electron chi connectivity index (χ4n) is 2.28. The van der Waals surface area contributed by atoms with E-state index in [-0.39, 0.29) is 24.5 Å². The van der Waals surface area contributed by atoms with Crippen LogP contribution in [0.3, 0.4) is 0 Å². The van der Waals surface area contributed by atoms with Gasteiger partial charge in [0.15, 0.2) is 10.9 Å². The first-order valence-corrected chi connectivity index (χ1v) is 9.22. The molecular weight excluding hydrogens is 340 g/mol. The van der Waals surface area contributed by atoms with Crippen LogP contribution in [-0.4, -0.2) is 16.7 Å². The van der Waals surface area contributed by atoms with Gasteiger partial charge in [0.05, 0.1) is 15.4 Å². The Morgan fingerprint density at radius 3 is 2.58 bits per heavy atom. The third kappa shape index (κ3) is 3.96. The number of anilines is 1. The van der Waals surface area contributed by atoms with Crippen LogP contribution in [0, 0.1) is 6.92 Å². The Kier molecular flexibility index (Phi) is 5.17. The summed E-state index contributed by atoms with van der Waals surface area (Å²) < 4.78 is 0. The molecule has 0 atom stereocenters. The second kappa shape index (κ2) is 7.51. The molecule has 0 fully saturated rings. The number of ketones is 1. The lowest BCUT2D eigenvalue weighted by molar-refractivity contribution is -0.116. The van der Waals surface area contributed by atoms with E-state index in [9.17, 15) is 9.59 Å². The molecule has 6 heteroatoms. The van der Waals surface area contributed by atoms with Gasteiger partial charge in [-0.3, -0.25) is 9.59 Å². The summed E-state index contributed by atoms with van der Waals surface area (Å²) in [6.07, 6.45) is 0.373. The molecule has 0 radical (unpaired) electrons. The summed E-state index contributed by atoms with van der Waals surface area (Å²) in [6.45, 7) is 1.93. The molecule has 4 nitrogen and oxygen atoms in total. The van der Waals surface area contributed by atoms with Gasteiger partial charge in [-0.25, -0.2) is 4.98 Å². The van der Waals surface area contributed by atoms with Crippen LogP contribution in [0.2, 0.25) is 0 Å². The number of benzene rings is 1. The third-order valence-electron chi connectivity index (χ3n) is 3.45. The molecule has 0 spiro atoms. The van der Waals surface area contributed by atoms with Gasteiger partial charge < -0.3 is 5.32 Å². The molecule has 0 aliphatic heterocycles. The zero-order valence-electron chi connectivity index (χ0n) is 13.1. The lowest BCUT2D eigenvalue weighted by atomic mass is 10.2. The van der Waals surface area contributed by atoms with Gasteiger partial charge in [0.1, 0.15) is 0 Å². The Morgan fingerprint density at radius 2 is 1.88 bits per heavy atom. The molecular formula is C18H16N2O2S2. The highest BCUT2D eigenvalue weighted by atomic mass is 32.1. The molecule has 3 rings (SSSR count). The maximum absolute atomic E-state index is 12.1. The quantitative estimate of drug-likeness (QED) is 0.647. The maximum atomic E-state index is 12.1. The number of rotatable bonds is 6. The van der Waals surface area contributed by atoms with Crippen LogP contribution in [0.5, 0.6) is 0 Å². The van der Waals surface area contributed by atoms with E-state index in [1.165, 1.54) is 22.7 Å². The van der Waals surface area contributed by atoms with Crippen molar-refractivity contribution in [2.75, 3.05) is 5.32 Å². The summed E-state index contributed by atoms with van der Waals surface area (Å²) in [5.41, 5.74) is 1.97. The molecule has 3 aromatic rings. The van der Waals surface area contributed by atoms with Crippen molar-refractivity contribution in [3.63, 3.8) is 0 Å². The first-order valence-electron chi connectivity index (χ1n) is 7.53. The number of carbonyl (C=O) groups excluding carboxylic acids is 2. The van der Waals surface area contributed by atoms with E-state index in [4.69, 9.17) is 0 Å². The molecule has 1 aromatic carbocycles. The van der Waals surface area contributed by atoms with Gasteiger partial charge in [-0.1, -0.05) is 47.7 Å². The minimum atomic E-state index is -0.187. The van der Waals surface area contributed by atoms with Crippen molar-refractivity contribution in [3.8, 4) is 10.4 Å². The summed E-state index contributed by atoms with van der Waals surface area (Å²) in [5, 5.41) is 5.22. The highest BCUT2D eigenvalue weighted by molar-refractivity contribution is 7.19. The van der Waals surface area contributed by atoms with Gasteiger partial charge in [0, 0.05) is 12.8 Å². The number of aryl methyl sites for hydroxylation is 1. The number of hydrogen-bond donors (Lipinski definition) is 1. The van der Waals surface area contributed by atoms with Gasteiger partial charge >= 0.3 is 0 Å². The molecule has 122 valence electrons. The van der Waals surface area contributed by atoms with Crippen LogP contribution < -0.4 is 5.32 Å². The Labute approximate surface area is 148 Å². The average molecular weight is 356 g/mol. The maximum Gasteiger partial charge on any atom is 0.226 e. The van der Waals surface area contributed by atoms with Gasteiger partial charge in [-0.05, 0) is 23.9 Å². The van der Waals surface area contributed by atoms with Crippen LogP contribution >= 0.6 is 22.7 Å². The number of Topliss-reactive ketones (excluding diaryl/α,β-unsaturated/α-hetero) is 1. The van der Waals surface area contributed by atoms with Crippen LogP contribution in [0.25, 0.3) is 10.4 Å². The Morgan fingerprint density at radius 1 is 1.08 bits per heavy atom. The molecule has 0 aliphatic carbocycles.